The Morgan fingerprint density at radius 2 is 1.90 bits per heavy atom. The molecule has 1 fully saturated rings. The molecule has 0 saturated carbocycles. The van der Waals surface area contributed by atoms with Crippen molar-refractivity contribution in [1.82, 2.24) is 10.2 Å². The normalized spacial score (nSPS) is 20.0. The van der Waals surface area contributed by atoms with Gasteiger partial charge >= 0.3 is 0 Å². The van der Waals surface area contributed by atoms with Crippen LogP contribution in [0.25, 0.3) is 6.08 Å². The van der Waals surface area contributed by atoms with Crippen molar-refractivity contribution in [2.45, 2.75) is 6.42 Å². The SMILES string of the molecule is C(=C\c1ccc2c(c1)OCCCO2)/CN1CCNCC1. The second kappa shape index (κ2) is 6.77. The minimum Gasteiger partial charge on any atom is -0.490 e. The Hall–Kier alpha value is -1.52. The van der Waals surface area contributed by atoms with E-state index in [1.54, 1.807) is 0 Å². The maximum absolute atomic E-state index is 5.71. The van der Waals surface area contributed by atoms with Crippen LogP contribution in [-0.2, 0) is 0 Å². The molecule has 0 spiro atoms. The van der Waals surface area contributed by atoms with Gasteiger partial charge in [-0.25, -0.2) is 0 Å². The standard InChI is InChI=1S/C16H22N2O2/c1(8-18-9-6-17-7-10-18)3-14-4-5-15-16(13-14)20-12-2-11-19-15/h1,3-5,13,17H,2,6-12H2/b3-1+. The Labute approximate surface area is 120 Å². The summed E-state index contributed by atoms with van der Waals surface area (Å²) in [5.74, 6) is 1.73. The fraction of sp³-hybridized carbons (Fsp3) is 0.500. The predicted octanol–water partition coefficient (Wildman–Crippen LogP) is 1.77. The molecule has 0 radical (unpaired) electrons. The maximum atomic E-state index is 5.71. The first-order chi connectivity index (χ1) is 9.92. The molecule has 4 heteroatoms. The van der Waals surface area contributed by atoms with Crippen molar-refractivity contribution in [3.63, 3.8) is 0 Å². The Kier molecular flexibility index (Phi) is 4.56. The molecule has 1 aromatic carbocycles. The molecule has 2 aliphatic heterocycles. The zero-order valence-electron chi connectivity index (χ0n) is 11.8. The highest BCUT2D eigenvalue weighted by molar-refractivity contribution is 5.56. The Morgan fingerprint density at radius 1 is 1.10 bits per heavy atom. The Bertz CT molecular complexity index is 468. The summed E-state index contributed by atoms with van der Waals surface area (Å²) in [7, 11) is 0. The van der Waals surface area contributed by atoms with Gasteiger partial charge in [0, 0.05) is 39.1 Å². The lowest BCUT2D eigenvalue weighted by Gasteiger charge is -2.25. The van der Waals surface area contributed by atoms with Crippen LogP contribution < -0.4 is 14.8 Å². The molecule has 4 nitrogen and oxygen atoms in total. The van der Waals surface area contributed by atoms with Gasteiger partial charge in [0.15, 0.2) is 11.5 Å². The molecule has 108 valence electrons. The molecule has 20 heavy (non-hydrogen) atoms. The van der Waals surface area contributed by atoms with Gasteiger partial charge in [0.25, 0.3) is 0 Å². The van der Waals surface area contributed by atoms with Gasteiger partial charge in [-0.1, -0.05) is 18.2 Å². The molecule has 0 atom stereocenters. The summed E-state index contributed by atoms with van der Waals surface area (Å²) in [6, 6.07) is 6.15. The third-order valence-corrected chi connectivity index (χ3v) is 3.66. The van der Waals surface area contributed by atoms with E-state index in [1.165, 1.54) is 5.56 Å². The highest BCUT2D eigenvalue weighted by atomic mass is 16.5. The number of rotatable bonds is 3. The summed E-state index contributed by atoms with van der Waals surface area (Å²) < 4.78 is 11.3. The molecule has 1 aromatic rings. The van der Waals surface area contributed by atoms with Gasteiger partial charge in [-0.3, -0.25) is 4.90 Å². The van der Waals surface area contributed by atoms with Gasteiger partial charge in [0.05, 0.1) is 13.2 Å². The van der Waals surface area contributed by atoms with Crippen LogP contribution >= 0.6 is 0 Å². The van der Waals surface area contributed by atoms with Crippen LogP contribution in [0.5, 0.6) is 11.5 Å². The van der Waals surface area contributed by atoms with Crippen LogP contribution in [0.2, 0.25) is 0 Å². The topological polar surface area (TPSA) is 33.7 Å². The van der Waals surface area contributed by atoms with Crippen LogP contribution in [0.1, 0.15) is 12.0 Å². The van der Waals surface area contributed by atoms with E-state index in [-0.39, 0.29) is 0 Å². The summed E-state index contributed by atoms with van der Waals surface area (Å²) in [4.78, 5) is 2.45. The van der Waals surface area contributed by atoms with Crippen LogP contribution in [0.4, 0.5) is 0 Å². The maximum Gasteiger partial charge on any atom is 0.161 e. The first kappa shape index (κ1) is 13.5. The van der Waals surface area contributed by atoms with Crippen molar-refractivity contribution in [2.75, 3.05) is 45.9 Å². The molecule has 1 N–H and O–H groups in total. The smallest absolute Gasteiger partial charge is 0.161 e. The van der Waals surface area contributed by atoms with Crippen LogP contribution in [0.15, 0.2) is 24.3 Å². The predicted molar refractivity (Wildman–Crippen MR) is 80.4 cm³/mol. The van der Waals surface area contributed by atoms with E-state index in [0.29, 0.717) is 0 Å². The number of fused-ring (bicyclic) bond motifs is 1. The van der Waals surface area contributed by atoms with Crippen molar-refractivity contribution < 1.29 is 9.47 Å². The van der Waals surface area contributed by atoms with E-state index in [1.807, 2.05) is 6.07 Å². The van der Waals surface area contributed by atoms with E-state index in [9.17, 15) is 0 Å². The average Bonchev–Trinajstić information content (AvgIpc) is 2.73. The van der Waals surface area contributed by atoms with E-state index in [4.69, 9.17) is 9.47 Å². The third kappa shape index (κ3) is 3.52. The lowest BCUT2D eigenvalue weighted by Crippen LogP contribution is -2.43. The van der Waals surface area contributed by atoms with Gasteiger partial charge in [-0.2, -0.15) is 0 Å². The number of nitrogens with one attached hydrogen (secondary N) is 1. The molecular weight excluding hydrogens is 252 g/mol. The van der Waals surface area contributed by atoms with E-state index >= 15 is 0 Å². The zero-order chi connectivity index (χ0) is 13.6. The fourth-order valence-electron chi connectivity index (χ4n) is 2.52. The number of piperazine rings is 1. The van der Waals surface area contributed by atoms with Crippen molar-refractivity contribution in [1.29, 1.82) is 0 Å². The van der Waals surface area contributed by atoms with Crippen molar-refractivity contribution in [3.05, 3.63) is 29.8 Å². The van der Waals surface area contributed by atoms with Crippen molar-refractivity contribution in [3.8, 4) is 11.5 Å². The average molecular weight is 274 g/mol. The molecule has 0 aliphatic carbocycles. The molecule has 0 bridgehead atoms. The van der Waals surface area contributed by atoms with Crippen LogP contribution in [0.3, 0.4) is 0 Å². The number of hydrogen-bond donors (Lipinski definition) is 1. The summed E-state index contributed by atoms with van der Waals surface area (Å²) in [5.41, 5.74) is 1.17. The van der Waals surface area contributed by atoms with Crippen molar-refractivity contribution in [2.24, 2.45) is 0 Å². The Balaban J connectivity index is 1.60. The van der Waals surface area contributed by atoms with Crippen LogP contribution in [0, 0.1) is 0 Å². The molecule has 0 amide bonds. The largest absolute Gasteiger partial charge is 0.490 e. The number of ether oxygens (including phenoxy) is 2. The zero-order valence-corrected chi connectivity index (χ0v) is 11.8. The highest BCUT2D eigenvalue weighted by Gasteiger charge is 2.10. The highest BCUT2D eigenvalue weighted by Crippen LogP contribution is 2.30. The number of nitrogens with zero attached hydrogens (tertiary/aromatic N) is 1. The second-order valence-corrected chi connectivity index (χ2v) is 5.21. The van der Waals surface area contributed by atoms with Gasteiger partial charge in [-0.05, 0) is 17.7 Å². The van der Waals surface area contributed by atoms with Gasteiger partial charge < -0.3 is 14.8 Å². The monoisotopic (exact) mass is 274 g/mol. The summed E-state index contributed by atoms with van der Waals surface area (Å²) in [6.45, 7) is 6.94. The van der Waals surface area contributed by atoms with Crippen molar-refractivity contribution >= 4 is 6.08 Å². The van der Waals surface area contributed by atoms with E-state index < -0.39 is 0 Å². The Morgan fingerprint density at radius 3 is 2.75 bits per heavy atom. The van der Waals surface area contributed by atoms with E-state index in [0.717, 1.165) is 63.9 Å². The molecule has 0 unspecified atom stereocenters. The second-order valence-electron chi connectivity index (χ2n) is 5.21. The summed E-state index contributed by atoms with van der Waals surface area (Å²) in [6.07, 6.45) is 5.34. The third-order valence-electron chi connectivity index (χ3n) is 3.66. The first-order valence-corrected chi connectivity index (χ1v) is 7.41. The minimum absolute atomic E-state index is 0.737. The summed E-state index contributed by atoms with van der Waals surface area (Å²) >= 11 is 0. The van der Waals surface area contributed by atoms with Gasteiger partial charge in [0.1, 0.15) is 0 Å². The lowest BCUT2D eigenvalue weighted by atomic mass is 10.2. The quantitative estimate of drug-likeness (QED) is 0.911. The fourth-order valence-corrected chi connectivity index (χ4v) is 2.52. The number of benzene rings is 1. The van der Waals surface area contributed by atoms with Gasteiger partial charge in [0.2, 0.25) is 0 Å². The molecule has 3 rings (SSSR count). The van der Waals surface area contributed by atoms with Crippen LogP contribution in [-0.4, -0.2) is 50.8 Å². The number of hydrogen-bond acceptors (Lipinski definition) is 4. The van der Waals surface area contributed by atoms with Gasteiger partial charge in [-0.15, -0.1) is 0 Å². The first-order valence-electron chi connectivity index (χ1n) is 7.41. The molecule has 2 heterocycles. The molecule has 2 aliphatic rings. The molecule has 1 saturated heterocycles. The summed E-state index contributed by atoms with van der Waals surface area (Å²) in [5, 5.41) is 3.37. The lowest BCUT2D eigenvalue weighted by molar-refractivity contribution is 0.265. The molecular formula is C16H22N2O2. The van der Waals surface area contributed by atoms with E-state index in [2.05, 4.69) is 34.5 Å². The molecule has 0 aromatic heterocycles. The minimum atomic E-state index is 0.737.